The normalized spacial score (nSPS) is 10.5. The van der Waals surface area contributed by atoms with Crippen molar-refractivity contribution in [3.63, 3.8) is 0 Å². The Bertz CT molecular complexity index is 491. The van der Waals surface area contributed by atoms with Crippen LogP contribution in [-0.4, -0.2) is 9.55 Å². The van der Waals surface area contributed by atoms with E-state index in [-0.39, 0.29) is 0 Å². The molecule has 1 aromatic carbocycles. The van der Waals surface area contributed by atoms with Gasteiger partial charge in [0.25, 0.3) is 0 Å². The number of benzene rings is 1. The first-order valence-corrected chi connectivity index (χ1v) is 5.98. The average molecular weight is 251 g/mol. The van der Waals surface area contributed by atoms with E-state index in [0.717, 1.165) is 23.8 Å². The summed E-state index contributed by atoms with van der Waals surface area (Å²) in [5, 5.41) is 0.715. The highest BCUT2D eigenvalue weighted by Crippen LogP contribution is 2.17. The first-order chi connectivity index (χ1) is 8.20. The molecule has 3 nitrogen and oxygen atoms in total. The van der Waals surface area contributed by atoms with E-state index >= 15 is 0 Å². The zero-order valence-electron chi connectivity index (χ0n) is 9.98. The van der Waals surface area contributed by atoms with Crippen LogP contribution in [0.5, 0.6) is 5.75 Å². The van der Waals surface area contributed by atoms with Gasteiger partial charge in [0, 0.05) is 11.6 Å². The zero-order valence-corrected chi connectivity index (χ0v) is 10.7. The van der Waals surface area contributed by atoms with Crippen molar-refractivity contribution in [1.82, 2.24) is 9.55 Å². The fourth-order valence-corrected chi connectivity index (χ4v) is 1.88. The summed E-state index contributed by atoms with van der Waals surface area (Å²) in [6.45, 7) is 5.53. The molecule has 0 spiro atoms. The Morgan fingerprint density at radius 2 is 2.00 bits per heavy atom. The molecule has 0 atom stereocenters. The monoisotopic (exact) mass is 250 g/mol. The van der Waals surface area contributed by atoms with Crippen molar-refractivity contribution < 1.29 is 4.74 Å². The molecule has 1 aromatic heterocycles. The van der Waals surface area contributed by atoms with Gasteiger partial charge in [-0.05, 0) is 38.1 Å². The maximum Gasteiger partial charge on any atom is 0.130 e. The maximum absolute atomic E-state index is 5.81. The molecular weight excluding hydrogens is 236 g/mol. The second-order valence-electron chi connectivity index (χ2n) is 3.78. The summed E-state index contributed by atoms with van der Waals surface area (Å²) in [6, 6.07) is 7.36. The van der Waals surface area contributed by atoms with E-state index < -0.39 is 0 Å². The number of imidazole rings is 1. The van der Waals surface area contributed by atoms with Crippen molar-refractivity contribution in [2.24, 2.45) is 0 Å². The van der Waals surface area contributed by atoms with E-state index in [2.05, 4.69) is 16.5 Å². The molecule has 2 aromatic rings. The van der Waals surface area contributed by atoms with Crippen molar-refractivity contribution in [3.05, 3.63) is 47.0 Å². The van der Waals surface area contributed by atoms with Crippen LogP contribution in [0, 0.1) is 6.92 Å². The van der Waals surface area contributed by atoms with Gasteiger partial charge in [-0.1, -0.05) is 11.6 Å². The molecule has 0 bridgehead atoms. The molecule has 0 aliphatic rings. The van der Waals surface area contributed by atoms with E-state index in [1.54, 1.807) is 0 Å². The first-order valence-electron chi connectivity index (χ1n) is 5.60. The van der Waals surface area contributed by atoms with Gasteiger partial charge in [-0.2, -0.15) is 0 Å². The zero-order chi connectivity index (χ0) is 12.3. The summed E-state index contributed by atoms with van der Waals surface area (Å²) in [6.07, 6.45) is 1.86. The van der Waals surface area contributed by atoms with E-state index in [1.807, 2.05) is 37.4 Å². The van der Waals surface area contributed by atoms with Gasteiger partial charge in [-0.15, -0.1) is 0 Å². The first kappa shape index (κ1) is 12.0. The van der Waals surface area contributed by atoms with Crippen molar-refractivity contribution in [1.29, 1.82) is 0 Å². The lowest BCUT2D eigenvalue weighted by atomic mass is 10.3. The molecule has 0 aliphatic carbocycles. The van der Waals surface area contributed by atoms with Gasteiger partial charge in [0.05, 0.1) is 11.9 Å². The Balaban J connectivity index is 2.04. The third-order valence-electron chi connectivity index (χ3n) is 2.65. The highest BCUT2D eigenvalue weighted by molar-refractivity contribution is 6.30. The number of aromatic nitrogens is 2. The number of ether oxygens (including phenoxy) is 1. The van der Waals surface area contributed by atoms with Crippen molar-refractivity contribution in [2.45, 2.75) is 27.0 Å². The predicted molar refractivity (Wildman–Crippen MR) is 68.4 cm³/mol. The Kier molecular flexibility index (Phi) is 3.69. The van der Waals surface area contributed by atoms with E-state index in [0.29, 0.717) is 11.6 Å². The Morgan fingerprint density at radius 3 is 2.65 bits per heavy atom. The number of hydrogen-bond donors (Lipinski definition) is 0. The highest BCUT2D eigenvalue weighted by atomic mass is 35.5. The molecule has 4 heteroatoms. The van der Waals surface area contributed by atoms with Crippen LogP contribution in [-0.2, 0) is 13.2 Å². The molecule has 0 saturated carbocycles. The molecule has 0 fully saturated rings. The van der Waals surface area contributed by atoms with Crippen LogP contribution in [0.2, 0.25) is 5.02 Å². The second-order valence-corrected chi connectivity index (χ2v) is 4.22. The van der Waals surface area contributed by atoms with Gasteiger partial charge in [0.15, 0.2) is 0 Å². The molecule has 1 heterocycles. The Labute approximate surface area is 106 Å². The minimum absolute atomic E-state index is 0.524. The fraction of sp³-hybridized carbons (Fsp3) is 0.308. The van der Waals surface area contributed by atoms with Crippen LogP contribution >= 0.6 is 11.6 Å². The second kappa shape index (κ2) is 5.23. The van der Waals surface area contributed by atoms with Crippen LogP contribution in [0.15, 0.2) is 30.5 Å². The van der Waals surface area contributed by atoms with E-state index in [1.165, 1.54) is 0 Å². The lowest BCUT2D eigenvalue weighted by Crippen LogP contribution is -2.06. The summed E-state index contributed by atoms with van der Waals surface area (Å²) in [7, 11) is 0. The number of halogens is 1. The number of rotatable bonds is 4. The Hall–Kier alpha value is -1.48. The van der Waals surface area contributed by atoms with Gasteiger partial charge in [0.2, 0.25) is 0 Å². The molecule has 0 radical (unpaired) electrons. The minimum Gasteiger partial charge on any atom is -0.487 e. The standard InChI is InChI=1S/C13H15ClN2O/c1-3-16-10(2)15-8-12(16)9-17-13-6-4-11(14)5-7-13/h4-8H,3,9H2,1-2H3. The molecule has 0 saturated heterocycles. The smallest absolute Gasteiger partial charge is 0.130 e. The minimum atomic E-state index is 0.524. The SMILES string of the molecule is CCn1c(COc2ccc(Cl)cc2)cnc1C. The van der Waals surface area contributed by atoms with Gasteiger partial charge in [0.1, 0.15) is 18.2 Å². The molecule has 0 N–H and O–H groups in total. The predicted octanol–water partition coefficient (Wildman–Crippen LogP) is 3.44. The summed E-state index contributed by atoms with van der Waals surface area (Å²) in [5.74, 6) is 1.83. The topological polar surface area (TPSA) is 27.1 Å². The molecule has 90 valence electrons. The summed E-state index contributed by atoms with van der Waals surface area (Å²) < 4.78 is 7.82. The molecular formula is C13H15ClN2O. The van der Waals surface area contributed by atoms with Crippen molar-refractivity contribution in [2.75, 3.05) is 0 Å². The lowest BCUT2D eigenvalue weighted by molar-refractivity contribution is 0.295. The van der Waals surface area contributed by atoms with Crippen molar-refractivity contribution in [3.8, 4) is 5.75 Å². The third kappa shape index (κ3) is 2.80. The fourth-order valence-electron chi connectivity index (χ4n) is 1.75. The third-order valence-corrected chi connectivity index (χ3v) is 2.91. The molecule has 0 unspecified atom stereocenters. The van der Waals surface area contributed by atoms with Crippen LogP contribution < -0.4 is 4.74 Å². The summed E-state index contributed by atoms with van der Waals surface area (Å²) in [5.41, 5.74) is 1.08. The van der Waals surface area contributed by atoms with E-state index in [9.17, 15) is 0 Å². The summed E-state index contributed by atoms with van der Waals surface area (Å²) >= 11 is 5.81. The van der Waals surface area contributed by atoms with Gasteiger partial charge in [-0.3, -0.25) is 0 Å². The van der Waals surface area contributed by atoms with Gasteiger partial charge in [-0.25, -0.2) is 4.98 Å². The van der Waals surface area contributed by atoms with Crippen LogP contribution in [0.4, 0.5) is 0 Å². The number of nitrogens with zero attached hydrogens (tertiary/aromatic N) is 2. The Morgan fingerprint density at radius 1 is 1.29 bits per heavy atom. The van der Waals surface area contributed by atoms with Crippen LogP contribution in [0.3, 0.4) is 0 Å². The molecule has 17 heavy (non-hydrogen) atoms. The van der Waals surface area contributed by atoms with Crippen LogP contribution in [0.1, 0.15) is 18.4 Å². The van der Waals surface area contributed by atoms with Gasteiger partial charge >= 0.3 is 0 Å². The molecule has 0 amide bonds. The highest BCUT2D eigenvalue weighted by Gasteiger charge is 2.05. The van der Waals surface area contributed by atoms with Crippen molar-refractivity contribution >= 4 is 11.6 Å². The molecule has 0 aliphatic heterocycles. The maximum atomic E-state index is 5.81. The average Bonchev–Trinajstić information content (AvgIpc) is 2.69. The number of aryl methyl sites for hydroxylation is 1. The largest absolute Gasteiger partial charge is 0.487 e. The van der Waals surface area contributed by atoms with Gasteiger partial charge < -0.3 is 9.30 Å². The van der Waals surface area contributed by atoms with Crippen LogP contribution in [0.25, 0.3) is 0 Å². The van der Waals surface area contributed by atoms with E-state index in [4.69, 9.17) is 16.3 Å². The lowest BCUT2D eigenvalue weighted by Gasteiger charge is -2.09. The molecule has 2 rings (SSSR count). The quantitative estimate of drug-likeness (QED) is 0.831. The number of hydrogen-bond acceptors (Lipinski definition) is 2. The summed E-state index contributed by atoms with van der Waals surface area (Å²) in [4.78, 5) is 4.28.